The molecular formula is C19H27ClN4OS2. The summed E-state index contributed by atoms with van der Waals surface area (Å²) in [6, 6.07) is 0. The number of aryl methyl sites for hydroxylation is 2. The van der Waals surface area contributed by atoms with Crippen molar-refractivity contribution in [2.24, 2.45) is 5.41 Å². The first-order chi connectivity index (χ1) is 12.6. The third kappa shape index (κ3) is 4.26. The number of rotatable bonds is 4. The highest BCUT2D eigenvalue weighted by molar-refractivity contribution is 7.99. The number of fused-ring (bicyclic) bond motifs is 1. The minimum atomic E-state index is 0. The molecule has 1 spiro atoms. The van der Waals surface area contributed by atoms with Crippen molar-refractivity contribution >= 4 is 51.6 Å². The molecule has 2 aromatic heterocycles. The highest BCUT2D eigenvalue weighted by atomic mass is 35.5. The van der Waals surface area contributed by atoms with Crippen LogP contribution in [0.5, 0.6) is 0 Å². The number of nitrogens with zero attached hydrogens (tertiary/aromatic N) is 3. The summed E-state index contributed by atoms with van der Waals surface area (Å²) < 4.78 is 0. The molecule has 2 aliphatic rings. The van der Waals surface area contributed by atoms with Gasteiger partial charge in [-0.2, -0.15) is 0 Å². The number of thioether (sulfide) groups is 1. The highest BCUT2D eigenvalue weighted by Gasteiger charge is 2.37. The first-order valence-electron chi connectivity index (χ1n) is 9.40. The average Bonchev–Trinajstić information content (AvgIpc) is 3.21. The molecule has 0 unspecified atom stereocenters. The second-order valence-electron chi connectivity index (χ2n) is 7.55. The van der Waals surface area contributed by atoms with Crippen LogP contribution >= 0.6 is 35.5 Å². The summed E-state index contributed by atoms with van der Waals surface area (Å²) in [6.07, 6.45) is 5.80. The van der Waals surface area contributed by atoms with E-state index >= 15 is 0 Å². The van der Waals surface area contributed by atoms with Crippen molar-refractivity contribution in [2.45, 2.75) is 44.6 Å². The van der Waals surface area contributed by atoms with Gasteiger partial charge in [-0.25, -0.2) is 9.97 Å². The Labute approximate surface area is 175 Å². The minimum Gasteiger partial charge on any atom is -0.343 e. The van der Waals surface area contributed by atoms with Gasteiger partial charge in [-0.3, -0.25) is 4.79 Å². The van der Waals surface area contributed by atoms with E-state index in [1.54, 1.807) is 29.4 Å². The normalized spacial score (nSPS) is 18.8. The molecule has 8 heteroatoms. The lowest BCUT2D eigenvalue weighted by molar-refractivity contribution is -0.132. The fraction of sp³-hybridized carbons (Fsp3) is 0.632. The number of piperidine rings is 1. The van der Waals surface area contributed by atoms with E-state index in [-0.39, 0.29) is 12.4 Å². The van der Waals surface area contributed by atoms with Crippen molar-refractivity contribution in [3.05, 3.63) is 16.8 Å². The quantitative estimate of drug-likeness (QED) is 0.595. The minimum absolute atomic E-state index is 0. The molecule has 0 aromatic carbocycles. The summed E-state index contributed by atoms with van der Waals surface area (Å²) in [5.74, 6) is 1.07. The number of carbonyl (C=O) groups excluding carboxylic acids is 1. The van der Waals surface area contributed by atoms with Gasteiger partial charge in [0.1, 0.15) is 16.2 Å². The van der Waals surface area contributed by atoms with E-state index in [0.29, 0.717) is 17.7 Å². The molecule has 2 aromatic rings. The van der Waals surface area contributed by atoms with Crippen LogP contribution in [0.2, 0.25) is 0 Å². The summed E-state index contributed by atoms with van der Waals surface area (Å²) in [5, 5.41) is 5.66. The Kier molecular flexibility index (Phi) is 6.66. The molecule has 0 saturated carbocycles. The van der Waals surface area contributed by atoms with Crippen LogP contribution < -0.4 is 5.32 Å². The first-order valence-corrected chi connectivity index (χ1v) is 11.2. The zero-order chi connectivity index (χ0) is 18.1. The molecule has 27 heavy (non-hydrogen) atoms. The SMILES string of the molecule is Cc1sc2ncnc(SCCC(=O)N3CCC4(CCNC4)CC3)c2c1C.Cl. The third-order valence-electron chi connectivity index (χ3n) is 5.99. The van der Waals surface area contributed by atoms with Gasteiger partial charge in [-0.05, 0) is 50.6 Å². The Morgan fingerprint density at radius 2 is 2.07 bits per heavy atom. The summed E-state index contributed by atoms with van der Waals surface area (Å²) in [7, 11) is 0. The zero-order valence-electron chi connectivity index (χ0n) is 15.9. The van der Waals surface area contributed by atoms with Crippen LogP contribution in [0.4, 0.5) is 0 Å². The number of amides is 1. The number of aromatic nitrogens is 2. The van der Waals surface area contributed by atoms with E-state index in [1.807, 2.05) is 0 Å². The van der Waals surface area contributed by atoms with Gasteiger partial charge in [-0.15, -0.1) is 35.5 Å². The van der Waals surface area contributed by atoms with E-state index in [1.165, 1.54) is 22.2 Å². The van der Waals surface area contributed by atoms with Crippen molar-refractivity contribution in [3.63, 3.8) is 0 Å². The molecule has 4 rings (SSSR count). The second-order valence-corrected chi connectivity index (χ2v) is 9.84. The number of thiophene rings is 1. The van der Waals surface area contributed by atoms with Crippen molar-refractivity contribution in [1.29, 1.82) is 0 Å². The topological polar surface area (TPSA) is 58.1 Å². The number of nitrogens with one attached hydrogen (secondary N) is 1. The fourth-order valence-electron chi connectivity index (χ4n) is 4.11. The lowest BCUT2D eigenvalue weighted by Gasteiger charge is -2.39. The Morgan fingerprint density at radius 3 is 2.78 bits per heavy atom. The van der Waals surface area contributed by atoms with Crippen LogP contribution in [-0.4, -0.2) is 52.7 Å². The summed E-state index contributed by atoms with van der Waals surface area (Å²) in [4.78, 5) is 25.9. The van der Waals surface area contributed by atoms with Crippen LogP contribution in [0.15, 0.2) is 11.4 Å². The van der Waals surface area contributed by atoms with E-state index in [4.69, 9.17) is 0 Å². The smallest absolute Gasteiger partial charge is 0.223 e. The molecule has 2 saturated heterocycles. The van der Waals surface area contributed by atoms with Gasteiger partial charge in [-0.1, -0.05) is 0 Å². The summed E-state index contributed by atoms with van der Waals surface area (Å²) in [5.41, 5.74) is 1.73. The maximum atomic E-state index is 12.6. The van der Waals surface area contributed by atoms with Gasteiger partial charge >= 0.3 is 0 Å². The molecule has 0 bridgehead atoms. The monoisotopic (exact) mass is 426 g/mol. The van der Waals surface area contributed by atoms with E-state index < -0.39 is 0 Å². The van der Waals surface area contributed by atoms with Gasteiger partial charge in [0.25, 0.3) is 0 Å². The number of halogens is 1. The fourth-order valence-corrected chi connectivity index (χ4v) is 6.15. The molecule has 4 heterocycles. The molecule has 1 amide bonds. The van der Waals surface area contributed by atoms with E-state index in [0.717, 1.165) is 54.6 Å². The standard InChI is InChI=1S/C19H26N4OS2.ClH/c1-13-14(2)26-18-16(13)17(21-12-22-18)25-10-3-15(24)23-8-5-19(6-9-23)4-7-20-11-19;/h12,20H,3-11H2,1-2H3;1H. The van der Waals surface area contributed by atoms with Crippen LogP contribution in [-0.2, 0) is 4.79 Å². The number of likely N-dealkylation sites (tertiary alicyclic amines) is 1. The lowest BCUT2D eigenvalue weighted by atomic mass is 9.78. The zero-order valence-corrected chi connectivity index (χ0v) is 18.4. The third-order valence-corrected chi connectivity index (χ3v) is 8.10. The Morgan fingerprint density at radius 1 is 1.30 bits per heavy atom. The molecular weight excluding hydrogens is 400 g/mol. The predicted octanol–water partition coefficient (Wildman–Crippen LogP) is 3.81. The average molecular weight is 427 g/mol. The highest BCUT2D eigenvalue weighted by Crippen LogP contribution is 2.37. The van der Waals surface area contributed by atoms with Crippen molar-refractivity contribution in [1.82, 2.24) is 20.2 Å². The van der Waals surface area contributed by atoms with E-state index in [2.05, 4.69) is 34.0 Å². The second kappa shape index (κ2) is 8.64. The largest absolute Gasteiger partial charge is 0.343 e. The molecule has 5 nitrogen and oxygen atoms in total. The maximum absolute atomic E-state index is 12.6. The van der Waals surface area contributed by atoms with Gasteiger partial charge in [0.2, 0.25) is 5.91 Å². The molecule has 0 aliphatic carbocycles. The first kappa shape index (κ1) is 20.8. The van der Waals surface area contributed by atoms with Gasteiger partial charge in [0.15, 0.2) is 0 Å². The van der Waals surface area contributed by atoms with Crippen LogP contribution in [0.3, 0.4) is 0 Å². The molecule has 2 aliphatic heterocycles. The lowest BCUT2D eigenvalue weighted by Crippen LogP contribution is -2.44. The predicted molar refractivity (Wildman–Crippen MR) is 115 cm³/mol. The Balaban J connectivity index is 0.00000210. The molecule has 0 atom stereocenters. The van der Waals surface area contributed by atoms with Gasteiger partial charge < -0.3 is 10.2 Å². The number of hydrogen-bond donors (Lipinski definition) is 1. The van der Waals surface area contributed by atoms with Gasteiger partial charge in [0.05, 0.1) is 0 Å². The van der Waals surface area contributed by atoms with Crippen molar-refractivity contribution in [3.8, 4) is 0 Å². The summed E-state index contributed by atoms with van der Waals surface area (Å²) in [6.45, 7) is 8.38. The van der Waals surface area contributed by atoms with Crippen LogP contribution in [0, 0.1) is 19.3 Å². The molecule has 148 valence electrons. The number of carbonyl (C=O) groups is 1. The molecule has 0 radical (unpaired) electrons. The van der Waals surface area contributed by atoms with E-state index in [9.17, 15) is 4.79 Å². The summed E-state index contributed by atoms with van der Waals surface area (Å²) >= 11 is 3.41. The van der Waals surface area contributed by atoms with Crippen molar-refractivity contribution in [2.75, 3.05) is 31.9 Å². The van der Waals surface area contributed by atoms with Crippen LogP contribution in [0.25, 0.3) is 10.2 Å². The van der Waals surface area contributed by atoms with Crippen LogP contribution in [0.1, 0.15) is 36.1 Å². The van der Waals surface area contributed by atoms with Gasteiger partial charge in [0, 0.05) is 42.1 Å². The maximum Gasteiger partial charge on any atom is 0.223 e. The Hall–Kier alpha value is -0.890. The Bertz CT molecular complexity index is 809. The molecule has 2 fully saturated rings. The molecule has 1 N–H and O–H groups in total. The van der Waals surface area contributed by atoms with Crippen molar-refractivity contribution < 1.29 is 4.79 Å². The number of hydrogen-bond acceptors (Lipinski definition) is 6.